The summed E-state index contributed by atoms with van der Waals surface area (Å²) in [6, 6.07) is 15.7. The molecule has 0 spiro atoms. The monoisotopic (exact) mass is 492 g/mol. The van der Waals surface area contributed by atoms with E-state index in [9.17, 15) is 9.59 Å². The second-order valence-electron chi connectivity index (χ2n) is 10.5. The lowest BCUT2D eigenvalue weighted by atomic mass is 10.2. The average molecular weight is 493 g/mol. The molecule has 6 nitrogen and oxygen atoms in total. The molecule has 2 aromatic carbocycles. The minimum absolute atomic E-state index is 0.384. The predicted octanol–water partition coefficient (Wildman–Crippen LogP) is 7.60. The summed E-state index contributed by atoms with van der Waals surface area (Å²) in [7, 11) is 0. The van der Waals surface area contributed by atoms with Gasteiger partial charge in [-0.15, -0.1) is 0 Å². The highest BCUT2D eigenvalue weighted by Crippen LogP contribution is 2.30. The normalized spacial score (nSPS) is 12.3. The molecule has 35 heavy (non-hydrogen) atoms. The van der Waals surface area contributed by atoms with Crippen LogP contribution in [-0.4, -0.2) is 32.5 Å². The third kappa shape index (κ3) is 5.73. The minimum Gasteiger partial charge on any atom is -0.443 e. The first-order chi connectivity index (χ1) is 16.4. The van der Waals surface area contributed by atoms with Gasteiger partial charge in [0.1, 0.15) is 11.2 Å². The van der Waals surface area contributed by atoms with Gasteiger partial charge in [0.15, 0.2) is 0 Å². The molecule has 0 saturated carbocycles. The van der Waals surface area contributed by atoms with Crippen molar-refractivity contribution in [3.05, 3.63) is 72.1 Å². The molecule has 2 aromatic heterocycles. The van der Waals surface area contributed by atoms with Crippen LogP contribution in [0, 0.1) is 0 Å². The van der Waals surface area contributed by atoms with Crippen molar-refractivity contribution in [1.29, 1.82) is 0 Å². The van der Waals surface area contributed by atoms with Crippen molar-refractivity contribution in [1.82, 2.24) is 9.13 Å². The Balaban J connectivity index is 1.56. The number of carbonyl (C=O) groups is 2. The van der Waals surface area contributed by atoms with Crippen LogP contribution in [0.25, 0.3) is 21.8 Å². The van der Waals surface area contributed by atoms with Gasteiger partial charge < -0.3 is 9.47 Å². The van der Waals surface area contributed by atoms with Gasteiger partial charge in [-0.3, -0.25) is 9.13 Å². The fourth-order valence-corrected chi connectivity index (χ4v) is 4.93. The number of para-hydroxylation sites is 2. The molecule has 0 atom stereocenters. The fraction of sp³-hybridized carbons (Fsp3) is 0.357. The number of ether oxygens (including phenoxy) is 2. The van der Waals surface area contributed by atoms with Crippen LogP contribution in [0.1, 0.15) is 52.7 Å². The number of aromatic nitrogens is 2. The predicted molar refractivity (Wildman–Crippen MR) is 142 cm³/mol. The molecular weight excluding hydrogens is 460 g/mol. The highest BCUT2D eigenvalue weighted by molar-refractivity contribution is 7.97. The van der Waals surface area contributed by atoms with Crippen molar-refractivity contribution < 1.29 is 19.1 Å². The Hall–Kier alpha value is -3.19. The first-order valence-electron chi connectivity index (χ1n) is 11.7. The summed E-state index contributed by atoms with van der Waals surface area (Å²) < 4.78 is 14.4. The van der Waals surface area contributed by atoms with E-state index in [4.69, 9.17) is 9.47 Å². The molecule has 184 valence electrons. The third-order valence-electron chi connectivity index (χ3n) is 5.28. The van der Waals surface area contributed by atoms with E-state index in [1.54, 1.807) is 20.9 Å². The van der Waals surface area contributed by atoms with E-state index in [1.165, 1.54) is 0 Å². The molecule has 0 fully saturated rings. The Labute approximate surface area is 210 Å². The highest BCUT2D eigenvalue weighted by atomic mass is 32.2. The van der Waals surface area contributed by atoms with Crippen LogP contribution in [0.15, 0.2) is 60.9 Å². The average Bonchev–Trinajstić information content (AvgIpc) is 3.31. The maximum absolute atomic E-state index is 12.8. The number of benzene rings is 2. The number of hydrogen-bond donors (Lipinski definition) is 0. The second-order valence-corrected chi connectivity index (χ2v) is 11.5. The molecule has 0 aliphatic rings. The fourth-order valence-electron chi connectivity index (χ4n) is 3.93. The third-order valence-corrected chi connectivity index (χ3v) is 6.31. The number of carbonyl (C=O) groups excluding carboxylic acids is 2. The van der Waals surface area contributed by atoms with Crippen LogP contribution >= 0.6 is 11.8 Å². The second kappa shape index (κ2) is 9.46. The summed E-state index contributed by atoms with van der Waals surface area (Å²) in [5, 5.41) is 2.06. The summed E-state index contributed by atoms with van der Waals surface area (Å²) in [6.45, 7) is 11.2. The number of hydrogen-bond acceptors (Lipinski definition) is 5. The summed E-state index contributed by atoms with van der Waals surface area (Å²) in [4.78, 5) is 25.6. The highest BCUT2D eigenvalue weighted by Gasteiger charge is 2.22. The smallest absolute Gasteiger partial charge is 0.419 e. The molecule has 7 heteroatoms. The molecule has 0 aliphatic heterocycles. The molecule has 0 radical (unpaired) electrons. The molecule has 0 unspecified atom stereocenters. The number of fused-ring (bicyclic) bond motifs is 2. The zero-order chi connectivity index (χ0) is 25.4. The van der Waals surface area contributed by atoms with Crippen LogP contribution in [0.4, 0.5) is 9.59 Å². The van der Waals surface area contributed by atoms with E-state index in [1.807, 2.05) is 102 Å². The summed E-state index contributed by atoms with van der Waals surface area (Å²) in [5.74, 6) is 1.42. The first kappa shape index (κ1) is 24.9. The van der Waals surface area contributed by atoms with Gasteiger partial charge in [0, 0.05) is 34.7 Å². The Morgan fingerprint density at radius 3 is 1.43 bits per heavy atom. The molecule has 0 bridgehead atoms. The standard InChI is InChI=1S/C28H32N2O4S/c1-27(2,3)33-25(31)29-15-19(21-11-7-9-13-23(21)29)17-35-18-20-16-30(26(32)34-28(4,5)6)24-14-10-8-12-22(20)24/h7-16H,17-18H2,1-6H3. The minimum atomic E-state index is -0.570. The van der Waals surface area contributed by atoms with Gasteiger partial charge in [0.05, 0.1) is 11.0 Å². The lowest BCUT2D eigenvalue weighted by Crippen LogP contribution is -2.26. The van der Waals surface area contributed by atoms with Crippen LogP contribution in [0.2, 0.25) is 0 Å². The number of thioether (sulfide) groups is 1. The van der Waals surface area contributed by atoms with Gasteiger partial charge in [0.25, 0.3) is 0 Å². The zero-order valence-corrected chi connectivity index (χ0v) is 21.9. The van der Waals surface area contributed by atoms with Crippen LogP contribution in [-0.2, 0) is 21.0 Å². The van der Waals surface area contributed by atoms with Crippen molar-refractivity contribution in [2.45, 2.75) is 64.3 Å². The van der Waals surface area contributed by atoms with Gasteiger partial charge in [-0.25, -0.2) is 9.59 Å². The van der Waals surface area contributed by atoms with Gasteiger partial charge in [0.2, 0.25) is 0 Å². The number of nitrogens with zero attached hydrogens (tertiary/aromatic N) is 2. The molecule has 0 aliphatic carbocycles. The lowest BCUT2D eigenvalue weighted by molar-refractivity contribution is 0.0533. The summed E-state index contributed by atoms with van der Waals surface area (Å²) in [6.07, 6.45) is 2.97. The lowest BCUT2D eigenvalue weighted by Gasteiger charge is -2.19. The molecule has 0 saturated heterocycles. The first-order valence-corrected chi connectivity index (χ1v) is 12.8. The number of rotatable bonds is 4. The Kier molecular flexibility index (Phi) is 6.73. The Bertz CT molecular complexity index is 1280. The molecule has 0 amide bonds. The topological polar surface area (TPSA) is 62.5 Å². The van der Waals surface area contributed by atoms with Crippen molar-refractivity contribution in [2.75, 3.05) is 0 Å². The van der Waals surface area contributed by atoms with Crippen LogP contribution < -0.4 is 0 Å². The summed E-state index contributed by atoms with van der Waals surface area (Å²) in [5.41, 5.74) is 2.65. The van der Waals surface area contributed by atoms with E-state index < -0.39 is 11.2 Å². The summed E-state index contributed by atoms with van der Waals surface area (Å²) >= 11 is 1.73. The van der Waals surface area contributed by atoms with Gasteiger partial charge in [-0.2, -0.15) is 11.8 Å². The Morgan fingerprint density at radius 2 is 1.06 bits per heavy atom. The van der Waals surface area contributed by atoms with E-state index in [-0.39, 0.29) is 12.2 Å². The molecule has 2 heterocycles. The van der Waals surface area contributed by atoms with Crippen LogP contribution in [0.3, 0.4) is 0 Å². The maximum atomic E-state index is 12.8. The van der Waals surface area contributed by atoms with Crippen molar-refractivity contribution in [2.24, 2.45) is 0 Å². The van der Waals surface area contributed by atoms with Crippen molar-refractivity contribution in [3.8, 4) is 0 Å². The molecule has 4 aromatic rings. The van der Waals surface area contributed by atoms with E-state index in [0.717, 1.165) is 32.9 Å². The molecule has 4 rings (SSSR count). The van der Waals surface area contributed by atoms with E-state index in [0.29, 0.717) is 11.5 Å². The van der Waals surface area contributed by atoms with Crippen molar-refractivity contribution >= 4 is 45.8 Å². The van der Waals surface area contributed by atoms with E-state index in [2.05, 4.69) is 0 Å². The van der Waals surface area contributed by atoms with Gasteiger partial charge in [-0.05, 0) is 64.8 Å². The zero-order valence-electron chi connectivity index (χ0n) is 21.1. The quantitative estimate of drug-likeness (QED) is 0.294. The van der Waals surface area contributed by atoms with Crippen LogP contribution in [0.5, 0.6) is 0 Å². The van der Waals surface area contributed by atoms with Gasteiger partial charge in [-0.1, -0.05) is 36.4 Å². The SMILES string of the molecule is CC(C)(C)OC(=O)n1cc(CSCc2cn(C(=O)OC(C)(C)C)c3ccccc23)c2ccccc21. The maximum Gasteiger partial charge on any atom is 0.419 e. The van der Waals surface area contributed by atoms with Crippen molar-refractivity contribution in [3.63, 3.8) is 0 Å². The largest absolute Gasteiger partial charge is 0.443 e. The van der Waals surface area contributed by atoms with Gasteiger partial charge >= 0.3 is 12.2 Å². The Morgan fingerprint density at radius 1 is 0.686 bits per heavy atom. The molecule has 0 N–H and O–H groups in total. The van der Waals surface area contributed by atoms with E-state index >= 15 is 0 Å². The molecular formula is C28H32N2O4S.